The zero-order chi connectivity index (χ0) is 10.1. The summed E-state index contributed by atoms with van der Waals surface area (Å²) in [4.78, 5) is 0. The highest BCUT2D eigenvalue weighted by Gasteiger charge is 2.24. The minimum atomic E-state index is -0.130. The van der Waals surface area contributed by atoms with Gasteiger partial charge < -0.3 is 5.32 Å². The van der Waals surface area contributed by atoms with Crippen molar-refractivity contribution in [3.8, 4) is 0 Å². The second-order valence-electron chi connectivity index (χ2n) is 4.03. The number of halogens is 1. The van der Waals surface area contributed by atoms with Crippen LogP contribution >= 0.6 is 0 Å². The van der Waals surface area contributed by atoms with E-state index in [2.05, 4.69) is 19.2 Å². The Labute approximate surface area is 84.3 Å². The molecule has 1 aromatic rings. The van der Waals surface area contributed by atoms with Gasteiger partial charge in [-0.2, -0.15) is 0 Å². The summed E-state index contributed by atoms with van der Waals surface area (Å²) in [6, 6.07) is 5.66. The molecular formula is C12H16FN. The Bertz CT molecular complexity index is 335. The molecule has 1 aliphatic heterocycles. The monoisotopic (exact) mass is 193 g/mol. The standard InChI is InChI=1S/C12H16FN/c1-3-11-8(2)14-7-9-6-10(13)4-5-12(9)11/h4-6,8,11,14H,3,7H2,1-2H3. The summed E-state index contributed by atoms with van der Waals surface area (Å²) in [6.45, 7) is 5.17. The molecule has 2 atom stereocenters. The van der Waals surface area contributed by atoms with Crippen molar-refractivity contribution < 1.29 is 4.39 Å². The van der Waals surface area contributed by atoms with Crippen LogP contribution in [0.25, 0.3) is 0 Å². The van der Waals surface area contributed by atoms with Crippen LogP contribution in [0.2, 0.25) is 0 Å². The van der Waals surface area contributed by atoms with Gasteiger partial charge in [-0.15, -0.1) is 0 Å². The maximum Gasteiger partial charge on any atom is 0.123 e. The zero-order valence-corrected chi connectivity index (χ0v) is 8.68. The number of rotatable bonds is 1. The molecule has 76 valence electrons. The lowest BCUT2D eigenvalue weighted by Gasteiger charge is -2.31. The molecule has 0 fully saturated rings. The first kappa shape index (κ1) is 9.66. The van der Waals surface area contributed by atoms with Gasteiger partial charge in [0, 0.05) is 12.6 Å². The fourth-order valence-electron chi connectivity index (χ4n) is 2.35. The van der Waals surface area contributed by atoms with E-state index in [0.29, 0.717) is 12.0 Å². The number of hydrogen-bond acceptors (Lipinski definition) is 1. The second-order valence-corrected chi connectivity index (χ2v) is 4.03. The van der Waals surface area contributed by atoms with Gasteiger partial charge in [0.1, 0.15) is 5.82 Å². The Morgan fingerprint density at radius 2 is 2.29 bits per heavy atom. The van der Waals surface area contributed by atoms with E-state index in [9.17, 15) is 4.39 Å². The average Bonchev–Trinajstić information content (AvgIpc) is 2.18. The molecule has 1 nitrogen and oxygen atoms in total. The lowest BCUT2D eigenvalue weighted by Crippen LogP contribution is -2.36. The second kappa shape index (κ2) is 3.70. The van der Waals surface area contributed by atoms with Gasteiger partial charge in [0.15, 0.2) is 0 Å². The highest BCUT2D eigenvalue weighted by molar-refractivity contribution is 5.34. The predicted molar refractivity (Wildman–Crippen MR) is 55.7 cm³/mol. The fourth-order valence-corrected chi connectivity index (χ4v) is 2.35. The minimum Gasteiger partial charge on any atom is -0.310 e. The first-order valence-electron chi connectivity index (χ1n) is 5.24. The molecule has 0 saturated carbocycles. The molecule has 2 rings (SSSR count). The molecule has 0 spiro atoms. The van der Waals surface area contributed by atoms with Crippen LogP contribution in [-0.2, 0) is 6.54 Å². The Hall–Kier alpha value is -0.890. The molecule has 1 aliphatic rings. The summed E-state index contributed by atoms with van der Waals surface area (Å²) >= 11 is 0. The fraction of sp³-hybridized carbons (Fsp3) is 0.500. The average molecular weight is 193 g/mol. The van der Waals surface area contributed by atoms with Crippen molar-refractivity contribution in [2.45, 2.75) is 38.8 Å². The molecule has 14 heavy (non-hydrogen) atoms. The number of nitrogens with one attached hydrogen (secondary N) is 1. The molecule has 2 unspecified atom stereocenters. The minimum absolute atomic E-state index is 0.130. The van der Waals surface area contributed by atoms with Crippen molar-refractivity contribution in [2.24, 2.45) is 0 Å². The van der Waals surface area contributed by atoms with E-state index in [4.69, 9.17) is 0 Å². The van der Waals surface area contributed by atoms with Gasteiger partial charge in [-0.25, -0.2) is 4.39 Å². The van der Waals surface area contributed by atoms with Crippen LogP contribution < -0.4 is 5.32 Å². The third-order valence-electron chi connectivity index (χ3n) is 3.16. The topological polar surface area (TPSA) is 12.0 Å². The maximum absolute atomic E-state index is 13.0. The zero-order valence-electron chi connectivity index (χ0n) is 8.68. The number of fused-ring (bicyclic) bond motifs is 1. The summed E-state index contributed by atoms with van der Waals surface area (Å²) in [5.41, 5.74) is 2.44. The maximum atomic E-state index is 13.0. The van der Waals surface area contributed by atoms with E-state index in [1.807, 2.05) is 6.07 Å². The van der Waals surface area contributed by atoms with E-state index in [1.54, 1.807) is 12.1 Å². The lowest BCUT2D eigenvalue weighted by atomic mass is 9.84. The normalized spacial score (nSPS) is 25.9. The van der Waals surface area contributed by atoms with Gasteiger partial charge in [-0.1, -0.05) is 13.0 Å². The summed E-state index contributed by atoms with van der Waals surface area (Å²) in [5, 5.41) is 3.40. The summed E-state index contributed by atoms with van der Waals surface area (Å²) in [6.07, 6.45) is 1.10. The van der Waals surface area contributed by atoms with Crippen LogP contribution in [0.3, 0.4) is 0 Å². The lowest BCUT2D eigenvalue weighted by molar-refractivity contribution is 0.417. The molecule has 0 aromatic heterocycles. The van der Waals surface area contributed by atoms with E-state index in [0.717, 1.165) is 18.5 Å². The van der Waals surface area contributed by atoms with Crippen LogP contribution in [0, 0.1) is 5.82 Å². The first-order chi connectivity index (χ1) is 6.72. The van der Waals surface area contributed by atoms with Gasteiger partial charge in [0.25, 0.3) is 0 Å². The van der Waals surface area contributed by atoms with Gasteiger partial charge in [-0.05, 0) is 42.5 Å². The van der Waals surface area contributed by atoms with E-state index in [-0.39, 0.29) is 5.82 Å². The van der Waals surface area contributed by atoms with Crippen molar-refractivity contribution in [1.82, 2.24) is 5.32 Å². The van der Waals surface area contributed by atoms with Gasteiger partial charge in [-0.3, -0.25) is 0 Å². The van der Waals surface area contributed by atoms with Crippen LogP contribution in [0.4, 0.5) is 4.39 Å². The largest absolute Gasteiger partial charge is 0.310 e. The molecule has 1 aromatic carbocycles. The molecular weight excluding hydrogens is 177 g/mol. The Morgan fingerprint density at radius 1 is 1.50 bits per heavy atom. The van der Waals surface area contributed by atoms with Gasteiger partial charge in [0.2, 0.25) is 0 Å². The molecule has 0 bridgehead atoms. The number of hydrogen-bond donors (Lipinski definition) is 1. The van der Waals surface area contributed by atoms with Crippen molar-refractivity contribution in [1.29, 1.82) is 0 Å². The van der Waals surface area contributed by atoms with E-state index in [1.165, 1.54) is 5.56 Å². The molecule has 2 heteroatoms. The molecule has 1 heterocycles. The third-order valence-corrected chi connectivity index (χ3v) is 3.16. The number of benzene rings is 1. The van der Waals surface area contributed by atoms with Crippen LogP contribution in [0.5, 0.6) is 0 Å². The Morgan fingerprint density at radius 3 is 3.00 bits per heavy atom. The van der Waals surface area contributed by atoms with Gasteiger partial charge >= 0.3 is 0 Å². The predicted octanol–water partition coefficient (Wildman–Crippen LogP) is 2.81. The molecule has 0 amide bonds. The van der Waals surface area contributed by atoms with Gasteiger partial charge in [0.05, 0.1) is 0 Å². The molecule has 0 radical (unpaired) electrons. The highest BCUT2D eigenvalue weighted by atomic mass is 19.1. The first-order valence-corrected chi connectivity index (χ1v) is 5.24. The van der Waals surface area contributed by atoms with Crippen molar-refractivity contribution in [3.63, 3.8) is 0 Å². The van der Waals surface area contributed by atoms with Crippen LogP contribution in [-0.4, -0.2) is 6.04 Å². The van der Waals surface area contributed by atoms with Crippen LogP contribution in [0.1, 0.15) is 37.3 Å². The van der Waals surface area contributed by atoms with Crippen molar-refractivity contribution in [3.05, 3.63) is 35.1 Å². The van der Waals surface area contributed by atoms with Crippen molar-refractivity contribution >= 4 is 0 Å². The summed E-state index contributed by atoms with van der Waals surface area (Å²) in [5.74, 6) is 0.398. The summed E-state index contributed by atoms with van der Waals surface area (Å²) in [7, 11) is 0. The highest BCUT2D eigenvalue weighted by Crippen LogP contribution is 2.30. The summed E-state index contributed by atoms with van der Waals surface area (Å²) < 4.78 is 13.0. The molecule has 0 saturated heterocycles. The quantitative estimate of drug-likeness (QED) is 0.723. The SMILES string of the molecule is CCC1c2ccc(F)cc2CNC1C. The Kier molecular flexibility index (Phi) is 2.55. The Balaban J connectivity index is 2.41. The third kappa shape index (κ3) is 1.55. The smallest absolute Gasteiger partial charge is 0.123 e. The van der Waals surface area contributed by atoms with Crippen LogP contribution in [0.15, 0.2) is 18.2 Å². The van der Waals surface area contributed by atoms with E-state index >= 15 is 0 Å². The molecule has 0 aliphatic carbocycles. The molecule has 1 N–H and O–H groups in total. The van der Waals surface area contributed by atoms with Crippen molar-refractivity contribution in [2.75, 3.05) is 0 Å². The van der Waals surface area contributed by atoms with E-state index < -0.39 is 0 Å².